The van der Waals surface area contributed by atoms with E-state index in [0.717, 1.165) is 12.1 Å². The van der Waals surface area contributed by atoms with Crippen LogP contribution in [0.3, 0.4) is 0 Å². The van der Waals surface area contributed by atoms with Crippen molar-refractivity contribution in [1.29, 1.82) is 0 Å². The number of hydrogen-bond donors (Lipinski definition) is 2. The number of urea groups is 1. The van der Waals surface area contributed by atoms with Gasteiger partial charge in [-0.3, -0.25) is 4.79 Å². The van der Waals surface area contributed by atoms with E-state index in [1.54, 1.807) is 22.7 Å². The summed E-state index contributed by atoms with van der Waals surface area (Å²) in [4.78, 5) is 27.2. The highest BCUT2D eigenvalue weighted by Gasteiger charge is 2.32. The number of primary amides is 1. The summed E-state index contributed by atoms with van der Waals surface area (Å²) in [5.41, 5.74) is 4.94. The topological polar surface area (TPSA) is 78.7 Å². The van der Waals surface area contributed by atoms with E-state index in [4.69, 9.17) is 5.73 Å². The molecule has 0 aromatic heterocycles. The summed E-state index contributed by atoms with van der Waals surface area (Å²) in [6, 6.07) is 3.72. The van der Waals surface area contributed by atoms with Crippen molar-refractivity contribution in [3.63, 3.8) is 0 Å². The first-order valence-electron chi connectivity index (χ1n) is 8.48. The number of nitrogens with two attached hydrogens (primary N) is 1. The van der Waals surface area contributed by atoms with Gasteiger partial charge in [0.05, 0.1) is 5.56 Å². The van der Waals surface area contributed by atoms with Crippen LogP contribution >= 0.6 is 11.8 Å². The van der Waals surface area contributed by atoms with Crippen molar-refractivity contribution in [3.8, 4) is 0 Å². The zero-order valence-corrected chi connectivity index (χ0v) is 15.8. The lowest BCUT2D eigenvalue weighted by molar-refractivity contribution is -0.137. The van der Waals surface area contributed by atoms with Crippen LogP contribution in [-0.2, 0) is 11.0 Å². The highest BCUT2D eigenvalue weighted by atomic mass is 32.2. The minimum atomic E-state index is -4.39. The van der Waals surface area contributed by atoms with Crippen molar-refractivity contribution >= 4 is 29.4 Å². The van der Waals surface area contributed by atoms with E-state index < -0.39 is 23.8 Å². The molecule has 1 heterocycles. The number of rotatable bonds is 6. The second kappa shape index (κ2) is 9.20. The Hall–Kier alpha value is -2.10. The summed E-state index contributed by atoms with van der Waals surface area (Å²) in [6.45, 7) is 1.56. The molecule has 0 unspecified atom stereocenters. The molecule has 1 fully saturated rings. The number of amides is 3. The molecule has 0 aliphatic carbocycles. The zero-order valence-electron chi connectivity index (χ0n) is 15.0. The molecular weight excluding hydrogens is 381 g/mol. The molecule has 0 spiro atoms. The van der Waals surface area contributed by atoms with Gasteiger partial charge in [-0.05, 0) is 36.6 Å². The van der Waals surface area contributed by atoms with E-state index in [2.05, 4.69) is 5.32 Å². The Morgan fingerprint density at radius 1 is 1.26 bits per heavy atom. The van der Waals surface area contributed by atoms with Gasteiger partial charge in [0, 0.05) is 31.9 Å². The monoisotopic (exact) mass is 404 g/mol. The first-order valence-corrected chi connectivity index (χ1v) is 9.87. The lowest BCUT2D eigenvalue weighted by Gasteiger charge is -2.37. The molecule has 3 N–H and O–H groups in total. The van der Waals surface area contributed by atoms with Crippen LogP contribution in [0.2, 0.25) is 0 Å². The van der Waals surface area contributed by atoms with E-state index in [9.17, 15) is 22.8 Å². The lowest BCUT2D eigenvalue weighted by atomic mass is 10.1. The first kappa shape index (κ1) is 21.2. The summed E-state index contributed by atoms with van der Waals surface area (Å²) < 4.78 is 38.6. The molecule has 2 rings (SSSR count). The fourth-order valence-corrected chi connectivity index (χ4v) is 3.42. The highest BCUT2D eigenvalue weighted by Crippen LogP contribution is 2.31. The Labute approximate surface area is 160 Å². The van der Waals surface area contributed by atoms with Crippen LogP contribution in [-0.4, -0.2) is 61.1 Å². The quantitative estimate of drug-likeness (QED) is 0.762. The number of carbonyl (C=O) groups is 2. The average molecular weight is 404 g/mol. The minimum absolute atomic E-state index is 0.216. The Morgan fingerprint density at radius 2 is 1.93 bits per heavy atom. The van der Waals surface area contributed by atoms with Crippen molar-refractivity contribution < 1.29 is 22.8 Å². The summed E-state index contributed by atoms with van der Waals surface area (Å²) in [5.74, 6) is 0.479. The van der Waals surface area contributed by atoms with E-state index in [0.29, 0.717) is 44.0 Å². The van der Waals surface area contributed by atoms with Crippen LogP contribution in [0.1, 0.15) is 12.0 Å². The fourth-order valence-electron chi connectivity index (χ4n) is 2.95. The fraction of sp³-hybridized carbons (Fsp3) is 0.529. The van der Waals surface area contributed by atoms with Gasteiger partial charge in [0.1, 0.15) is 6.04 Å². The Balaban J connectivity index is 1.99. The molecule has 3 amide bonds. The number of thioether (sulfide) groups is 1. The van der Waals surface area contributed by atoms with Crippen LogP contribution in [0.15, 0.2) is 24.3 Å². The van der Waals surface area contributed by atoms with Gasteiger partial charge >= 0.3 is 12.2 Å². The van der Waals surface area contributed by atoms with Crippen molar-refractivity contribution in [2.75, 3.05) is 43.1 Å². The van der Waals surface area contributed by atoms with Gasteiger partial charge in [-0.1, -0.05) is 6.07 Å². The molecule has 0 radical (unpaired) electrons. The molecule has 0 saturated carbocycles. The third kappa shape index (κ3) is 5.95. The van der Waals surface area contributed by atoms with Gasteiger partial charge in [0.2, 0.25) is 5.91 Å². The molecule has 1 aliphatic rings. The molecule has 1 saturated heterocycles. The second-order valence-corrected chi connectivity index (χ2v) is 7.19. The standard InChI is InChI=1S/C17H23F3N4O2S/c1-27-10-5-14(22-16(21)26)15(25)24-8-6-23(7-9-24)13-4-2-3-12(11-13)17(18,19)20/h2-4,11,14H,5-10H2,1H3,(H3,21,22,26)/t14-/m1/s1. The van der Waals surface area contributed by atoms with Crippen molar-refractivity contribution in [3.05, 3.63) is 29.8 Å². The predicted molar refractivity (Wildman–Crippen MR) is 99.7 cm³/mol. The summed E-state index contributed by atoms with van der Waals surface area (Å²) in [7, 11) is 0. The Morgan fingerprint density at radius 3 is 2.48 bits per heavy atom. The molecule has 150 valence electrons. The maximum Gasteiger partial charge on any atom is 0.416 e. The molecule has 0 bridgehead atoms. The van der Waals surface area contributed by atoms with Crippen molar-refractivity contribution in [1.82, 2.24) is 10.2 Å². The highest BCUT2D eigenvalue weighted by molar-refractivity contribution is 7.98. The van der Waals surface area contributed by atoms with Gasteiger partial charge < -0.3 is 20.9 Å². The number of carbonyl (C=O) groups excluding carboxylic acids is 2. The number of benzene rings is 1. The number of nitrogens with zero attached hydrogens (tertiary/aromatic N) is 2. The molecule has 1 aromatic carbocycles. The van der Waals surface area contributed by atoms with Gasteiger partial charge in [-0.15, -0.1) is 0 Å². The van der Waals surface area contributed by atoms with Crippen LogP contribution in [0.5, 0.6) is 0 Å². The van der Waals surface area contributed by atoms with E-state index in [1.165, 1.54) is 6.07 Å². The van der Waals surface area contributed by atoms with Crippen molar-refractivity contribution in [2.45, 2.75) is 18.6 Å². The predicted octanol–water partition coefficient (Wildman–Crippen LogP) is 2.14. The number of anilines is 1. The number of halogens is 3. The van der Waals surface area contributed by atoms with E-state index in [-0.39, 0.29) is 5.91 Å². The molecule has 1 aromatic rings. The second-order valence-electron chi connectivity index (χ2n) is 6.20. The zero-order chi connectivity index (χ0) is 20.0. The van der Waals surface area contributed by atoms with Gasteiger partial charge in [-0.25, -0.2) is 4.79 Å². The van der Waals surface area contributed by atoms with Crippen LogP contribution < -0.4 is 16.0 Å². The van der Waals surface area contributed by atoms with Crippen LogP contribution in [0.25, 0.3) is 0 Å². The largest absolute Gasteiger partial charge is 0.416 e. The van der Waals surface area contributed by atoms with E-state index >= 15 is 0 Å². The molecular formula is C17H23F3N4O2S. The van der Waals surface area contributed by atoms with E-state index in [1.807, 2.05) is 11.2 Å². The smallest absolute Gasteiger partial charge is 0.368 e. The van der Waals surface area contributed by atoms with Gasteiger partial charge in [-0.2, -0.15) is 24.9 Å². The molecule has 6 nitrogen and oxygen atoms in total. The number of hydrogen-bond acceptors (Lipinski definition) is 4. The average Bonchev–Trinajstić information content (AvgIpc) is 2.64. The maximum absolute atomic E-state index is 12.9. The first-order chi connectivity index (χ1) is 12.7. The van der Waals surface area contributed by atoms with Gasteiger partial charge in [0.25, 0.3) is 0 Å². The summed E-state index contributed by atoms with van der Waals surface area (Å²) in [6.07, 6.45) is -2.02. The van der Waals surface area contributed by atoms with Crippen molar-refractivity contribution in [2.24, 2.45) is 5.73 Å². The number of nitrogens with one attached hydrogen (secondary N) is 1. The third-order valence-corrected chi connectivity index (χ3v) is 5.00. The number of piperazine rings is 1. The molecule has 1 atom stereocenters. The molecule has 27 heavy (non-hydrogen) atoms. The normalized spacial score (nSPS) is 16.1. The minimum Gasteiger partial charge on any atom is -0.368 e. The Kier molecular flexibility index (Phi) is 7.23. The summed E-state index contributed by atoms with van der Waals surface area (Å²) in [5, 5.41) is 2.47. The maximum atomic E-state index is 12.9. The Bertz CT molecular complexity index is 664. The van der Waals surface area contributed by atoms with Gasteiger partial charge in [0.15, 0.2) is 0 Å². The third-order valence-electron chi connectivity index (χ3n) is 4.36. The van der Waals surface area contributed by atoms with Crippen LogP contribution in [0, 0.1) is 0 Å². The molecule has 10 heteroatoms. The summed E-state index contributed by atoms with van der Waals surface area (Å²) >= 11 is 1.56. The van der Waals surface area contributed by atoms with Crippen LogP contribution in [0.4, 0.5) is 23.7 Å². The SMILES string of the molecule is CSCC[C@@H](NC(N)=O)C(=O)N1CCN(c2cccc(C(F)(F)F)c2)CC1. The molecule has 1 aliphatic heterocycles. The lowest BCUT2D eigenvalue weighted by Crippen LogP contribution is -2.55. The number of alkyl halides is 3.